The van der Waals surface area contributed by atoms with Crippen LogP contribution in [0.15, 0.2) is 52.4 Å². The zero-order valence-corrected chi connectivity index (χ0v) is 16.7. The first kappa shape index (κ1) is 19.3. The Labute approximate surface area is 172 Å². The lowest BCUT2D eigenvalue weighted by atomic mass is 10.2. The van der Waals surface area contributed by atoms with Crippen LogP contribution in [0.1, 0.15) is 5.56 Å². The molecule has 6 nitrogen and oxygen atoms in total. The standard InChI is InChI=1S/C21H20FN3O3S/c1-28-18-12-14(2-7-17(18)26)13-19-20(27)23-21(29-19)25-10-8-24(9-11-25)16-5-3-15(22)4-6-16/h2-7,12-13,26H,8-11H2,1H3/b19-13+. The molecule has 2 aliphatic rings. The van der Waals surface area contributed by atoms with Crippen LogP contribution in [0.5, 0.6) is 11.5 Å². The van der Waals surface area contributed by atoms with Crippen molar-refractivity contribution in [2.24, 2.45) is 4.99 Å². The average Bonchev–Trinajstić information content (AvgIpc) is 3.10. The molecular weight excluding hydrogens is 393 g/mol. The summed E-state index contributed by atoms with van der Waals surface area (Å²) in [5.74, 6) is -0.102. The van der Waals surface area contributed by atoms with Crippen LogP contribution >= 0.6 is 11.8 Å². The number of halogens is 1. The van der Waals surface area contributed by atoms with E-state index in [-0.39, 0.29) is 17.5 Å². The van der Waals surface area contributed by atoms with Crippen LogP contribution in [0.3, 0.4) is 0 Å². The smallest absolute Gasteiger partial charge is 0.286 e. The first-order valence-corrected chi connectivity index (χ1v) is 10.00. The van der Waals surface area contributed by atoms with E-state index >= 15 is 0 Å². The number of thioether (sulfide) groups is 1. The van der Waals surface area contributed by atoms with Gasteiger partial charge in [0.05, 0.1) is 12.0 Å². The van der Waals surface area contributed by atoms with Gasteiger partial charge < -0.3 is 19.6 Å². The Bertz CT molecular complexity index is 983. The number of nitrogens with zero attached hydrogens (tertiary/aromatic N) is 3. The van der Waals surface area contributed by atoms with E-state index in [2.05, 4.69) is 14.8 Å². The van der Waals surface area contributed by atoms with Crippen LogP contribution in [0.4, 0.5) is 10.1 Å². The lowest BCUT2D eigenvalue weighted by molar-refractivity contribution is -0.113. The molecule has 1 saturated heterocycles. The highest BCUT2D eigenvalue weighted by Gasteiger charge is 2.28. The zero-order chi connectivity index (χ0) is 20.4. The van der Waals surface area contributed by atoms with Gasteiger partial charge in [-0.1, -0.05) is 6.07 Å². The Morgan fingerprint density at radius 3 is 2.48 bits per heavy atom. The van der Waals surface area contributed by atoms with Crippen LogP contribution in [0.2, 0.25) is 0 Å². The van der Waals surface area contributed by atoms with Crippen LogP contribution in [0, 0.1) is 5.82 Å². The highest BCUT2D eigenvalue weighted by atomic mass is 32.2. The molecular formula is C21H20FN3O3S. The van der Waals surface area contributed by atoms with Gasteiger partial charge in [-0.3, -0.25) is 4.79 Å². The second-order valence-corrected chi connectivity index (χ2v) is 7.70. The average molecular weight is 413 g/mol. The molecule has 2 heterocycles. The van der Waals surface area contributed by atoms with Gasteiger partial charge in [-0.15, -0.1) is 0 Å². The van der Waals surface area contributed by atoms with Crippen LogP contribution < -0.4 is 9.64 Å². The van der Waals surface area contributed by atoms with E-state index in [0.29, 0.717) is 15.8 Å². The van der Waals surface area contributed by atoms with Crippen LogP contribution in [-0.4, -0.2) is 54.4 Å². The van der Waals surface area contributed by atoms with E-state index in [4.69, 9.17) is 4.74 Å². The summed E-state index contributed by atoms with van der Waals surface area (Å²) in [5.41, 5.74) is 1.75. The quantitative estimate of drug-likeness (QED) is 0.779. The van der Waals surface area contributed by atoms with Crippen molar-refractivity contribution in [3.8, 4) is 11.5 Å². The highest BCUT2D eigenvalue weighted by molar-refractivity contribution is 8.18. The van der Waals surface area contributed by atoms with Crippen LogP contribution in [0.25, 0.3) is 6.08 Å². The number of aliphatic imine (C=N–C) groups is 1. The monoisotopic (exact) mass is 413 g/mol. The Kier molecular flexibility index (Phi) is 5.44. The fourth-order valence-electron chi connectivity index (χ4n) is 3.28. The Morgan fingerprint density at radius 2 is 1.79 bits per heavy atom. The lowest BCUT2D eigenvalue weighted by Gasteiger charge is -2.36. The second kappa shape index (κ2) is 8.16. The van der Waals surface area contributed by atoms with E-state index in [9.17, 15) is 14.3 Å². The van der Waals surface area contributed by atoms with E-state index in [1.807, 2.05) is 0 Å². The summed E-state index contributed by atoms with van der Waals surface area (Å²) in [6.45, 7) is 3.01. The number of methoxy groups -OCH3 is 1. The zero-order valence-electron chi connectivity index (χ0n) is 15.8. The van der Waals surface area contributed by atoms with Crippen molar-refractivity contribution in [3.05, 3.63) is 58.8 Å². The fraction of sp³-hybridized carbons (Fsp3) is 0.238. The number of piperazine rings is 1. The topological polar surface area (TPSA) is 65.4 Å². The number of hydrogen-bond acceptors (Lipinski definition) is 6. The molecule has 0 radical (unpaired) electrons. The summed E-state index contributed by atoms with van der Waals surface area (Å²) in [7, 11) is 1.48. The molecule has 0 bridgehead atoms. The first-order valence-electron chi connectivity index (χ1n) is 9.18. The number of aromatic hydroxyl groups is 1. The van der Waals surface area contributed by atoms with Gasteiger partial charge in [-0.25, -0.2) is 4.39 Å². The number of phenols is 1. The van der Waals surface area contributed by atoms with Gasteiger partial charge in [-0.05, 0) is 59.8 Å². The number of phenolic OH excluding ortho intramolecular Hbond substituents is 1. The molecule has 2 aromatic rings. The van der Waals surface area contributed by atoms with Gasteiger partial charge >= 0.3 is 0 Å². The molecule has 8 heteroatoms. The van der Waals surface area contributed by atoms with Crippen molar-refractivity contribution in [1.29, 1.82) is 0 Å². The summed E-state index contributed by atoms with van der Waals surface area (Å²) in [6.07, 6.45) is 1.75. The van der Waals surface area contributed by atoms with E-state index < -0.39 is 0 Å². The molecule has 150 valence electrons. The maximum absolute atomic E-state index is 13.1. The third-order valence-electron chi connectivity index (χ3n) is 4.85. The minimum absolute atomic E-state index is 0.0519. The Balaban J connectivity index is 1.41. The molecule has 2 aromatic carbocycles. The van der Waals surface area contributed by atoms with E-state index in [1.54, 1.807) is 30.3 Å². The third kappa shape index (κ3) is 4.22. The van der Waals surface area contributed by atoms with Crippen LogP contribution in [-0.2, 0) is 4.79 Å². The highest BCUT2D eigenvalue weighted by Crippen LogP contribution is 2.33. The van der Waals surface area contributed by atoms with Crippen molar-refractivity contribution in [2.45, 2.75) is 0 Å². The Morgan fingerprint density at radius 1 is 1.10 bits per heavy atom. The second-order valence-electron chi connectivity index (χ2n) is 6.69. The minimum Gasteiger partial charge on any atom is -0.504 e. The molecule has 1 N–H and O–H groups in total. The molecule has 1 amide bonds. The van der Waals surface area contributed by atoms with E-state index in [1.165, 1.54) is 37.1 Å². The predicted octanol–water partition coefficient (Wildman–Crippen LogP) is 3.33. The number of carbonyl (C=O) groups is 1. The largest absolute Gasteiger partial charge is 0.504 e. The number of anilines is 1. The molecule has 0 aromatic heterocycles. The van der Waals surface area contributed by atoms with Gasteiger partial charge in [0.2, 0.25) is 0 Å². The minimum atomic E-state index is -0.266. The maximum Gasteiger partial charge on any atom is 0.286 e. The number of benzene rings is 2. The van der Waals surface area contributed by atoms with Gasteiger partial charge in [-0.2, -0.15) is 4.99 Å². The number of carbonyl (C=O) groups excluding carboxylic acids is 1. The normalized spacial score (nSPS) is 18.3. The van der Waals surface area contributed by atoms with Crippen molar-refractivity contribution < 1.29 is 19.0 Å². The first-order chi connectivity index (χ1) is 14.0. The molecule has 0 unspecified atom stereocenters. The molecule has 29 heavy (non-hydrogen) atoms. The summed E-state index contributed by atoms with van der Waals surface area (Å²) in [6, 6.07) is 11.4. The Hall–Kier alpha value is -3.00. The number of rotatable bonds is 3. The van der Waals surface area contributed by atoms with Crippen molar-refractivity contribution in [3.63, 3.8) is 0 Å². The predicted molar refractivity (Wildman–Crippen MR) is 113 cm³/mol. The van der Waals surface area contributed by atoms with E-state index in [0.717, 1.165) is 37.4 Å². The number of amidine groups is 1. The maximum atomic E-state index is 13.1. The number of hydrogen-bond donors (Lipinski definition) is 1. The molecule has 4 rings (SSSR count). The molecule has 0 saturated carbocycles. The molecule has 1 fully saturated rings. The van der Waals surface area contributed by atoms with Crippen molar-refractivity contribution in [1.82, 2.24) is 4.90 Å². The molecule has 2 aliphatic heterocycles. The summed E-state index contributed by atoms with van der Waals surface area (Å²) < 4.78 is 18.2. The number of ether oxygens (including phenoxy) is 1. The molecule has 0 spiro atoms. The summed E-state index contributed by atoms with van der Waals surface area (Å²) >= 11 is 1.35. The third-order valence-corrected chi connectivity index (χ3v) is 5.90. The lowest BCUT2D eigenvalue weighted by Crippen LogP contribution is -2.47. The van der Waals surface area contributed by atoms with Gasteiger partial charge in [0.1, 0.15) is 5.82 Å². The molecule has 0 aliphatic carbocycles. The molecule has 0 atom stereocenters. The fourth-order valence-corrected chi connectivity index (χ4v) is 4.24. The SMILES string of the molecule is COc1cc(/C=C2/SC(N3CCN(c4ccc(F)cc4)CC3)=NC2=O)ccc1O. The van der Waals surface area contributed by atoms with Crippen molar-refractivity contribution >= 4 is 34.6 Å². The number of amides is 1. The van der Waals surface area contributed by atoms with Crippen molar-refractivity contribution in [2.75, 3.05) is 38.2 Å². The van der Waals surface area contributed by atoms with Gasteiger partial charge in [0.15, 0.2) is 16.7 Å². The van der Waals surface area contributed by atoms with Gasteiger partial charge in [0, 0.05) is 31.9 Å². The summed E-state index contributed by atoms with van der Waals surface area (Å²) in [4.78, 5) is 21.4. The summed E-state index contributed by atoms with van der Waals surface area (Å²) in [5, 5.41) is 10.4. The van der Waals surface area contributed by atoms with Gasteiger partial charge in [0.25, 0.3) is 5.91 Å².